The molecule has 1 aromatic heterocycles. The van der Waals surface area contributed by atoms with Crippen LogP contribution < -0.4 is 0 Å². The molecule has 0 aliphatic rings. The highest BCUT2D eigenvalue weighted by molar-refractivity contribution is 7.17. The van der Waals surface area contributed by atoms with E-state index in [1.54, 1.807) is 6.07 Å². The summed E-state index contributed by atoms with van der Waals surface area (Å²) in [5, 5.41) is 5.35. The summed E-state index contributed by atoms with van der Waals surface area (Å²) in [5.41, 5.74) is 0. The van der Waals surface area contributed by atoms with E-state index in [2.05, 4.69) is 5.38 Å². The molecular formula is C8H3Cl2S. The molecule has 11 heavy (non-hydrogen) atoms. The van der Waals surface area contributed by atoms with Crippen molar-refractivity contribution < 1.29 is 0 Å². The fourth-order valence-electron chi connectivity index (χ4n) is 0.916. The minimum atomic E-state index is 0.606. The van der Waals surface area contributed by atoms with E-state index in [-0.39, 0.29) is 0 Å². The summed E-state index contributed by atoms with van der Waals surface area (Å²) >= 11 is 13.2. The molecule has 0 bridgehead atoms. The van der Waals surface area contributed by atoms with Gasteiger partial charge in [0.1, 0.15) is 0 Å². The second-order valence-corrected chi connectivity index (χ2v) is 3.78. The number of halogens is 2. The molecule has 0 aliphatic heterocycles. The van der Waals surface area contributed by atoms with Crippen molar-refractivity contribution in [2.75, 3.05) is 0 Å². The molecule has 0 unspecified atom stereocenters. The van der Waals surface area contributed by atoms with Crippen LogP contribution in [0.15, 0.2) is 18.2 Å². The molecule has 0 atom stereocenters. The quantitative estimate of drug-likeness (QED) is 0.605. The van der Waals surface area contributed by atoms with Crippen LogP contribution in [0.1, 0.15) is 0 Å². The first kappa shape index (κ1) is 7.41. The lowest BCUT2D eigenvalue weighted by molar-refractivity contribution is 1.84. The molecule has 0 saturated heterocycles. The Labute approximate surface area is 78.4 Å². The van der Waals surface area contributed by atoms with Gasteiger partial charge in [-0.1, -0.05) is 29.3 Å². The smallest absolute Gasteiger partial charge is 0.0770 e. The van der Waals surface area contributed by atoms with Gasteiger partial charge >= 0.3 is 0 Å². The zero-order valence-electron chi connectivity index (χ0n) is 5.40. The lowest BCUT2D eigenvalue weighted by Crippen LogP contribution is -1.67. The fourth-order valence-corrected chi connectivity index (χ4v) is 2.17. The maximum absolute atomic E-state index is 5.93. The van der Waals surface area contributed by atoms with Crippen LogP contribution >= 0.6 is 34.5 Å². The van der Waals surface area contributed by atoms with Crippen molar-refractivity contribution in [3.63, 3.8) is 0 Å². The van der Waals surface area contributed by atoms with Crippen molar-refractivity contribution in [3.8, 4) is 0 Å². The number of thiophene rings is 1. The van der Waals surface area contributed by atoms with Gasteiger partial charge in [-0.2, -0.15) is 0 Å². The molecule has 2 rings (SSSR count). The van der Waals surface area contributed by atoms with Gasteiger partial charge in [0.15, 0.2) is 0 Å². The first-order valence-corrected chi connectivity index (χ1v) is 4.60. The molecule has 1 radical (unpaired) electrons. The minimum absolute atomic E-state index is 0.606. The van der Waals surface area contributed by atoms with E-state index in [1.165, 1.54) is 11.3 Å². The Balaban J connectivity index is 2.93. The van der Waals surface area contributed by atoms with E-state index >= 15 is 0 Å². The molecule has 55 valence electrons. The molecule has 0 amide bonds. The van der Waals surface area contributed by atoms with Crippen LogP contribution in [-0.4, -0.2) is 0 Å². The van der Waals surface area contributed by atoms with Crippen molar-refractivity contribution in [2.24, 2.45) is 0 Å². The predicted octanol–water partition coefficient (Wildman–Crippen LogP) is 4.01. The van der Waals surface area contributed by atoms with Gasteiger partial charge in [-0.25, -0.2) is 0 Å². The number of hydrogen-bond acceptors (Lipinski definition) is 1. The molecule has 0 aliphatic carbocycles. The molecule has 0 nitrogen and oxygen atoms in total. The second-order valence-electron chi connectivity index (χ2n) is 2.14. The third-order valence-corrected chi connectivity index (χ3v) is 3.25. The lowest BCUT2D eigenvalue weighted by Gasteiger charge is -1.94. The SMILES string of the molecule is Clc1ccc2c[c]sc2c1Cl. The van der Waals surface area contributed by atoms with E-state index < -0.39 is 0 Å². The molecule has 1 aromatic carbocycles. The van der Waals surface area contributed by atoms with E-state index in [4.69, 9.17) is 23.2 Å². The molecule has 1 heterocycles. The number of hydrogen-bond donors (Lipinski definition) is 0. The topological polar surface area (TPSA) is 0 Å². The Hall–Kier alpha value is -0.240. The van der Waals surface area contributed by atoms with Crippen LogP contribution in [0.3, 0.4) is 0 Å². The summed E-state index contributed by atoms with van der Waals surface area (Å²) in [7, 11) is 0. The zero-order chi connectivity index (χ0) is 7.84. The third kappa shape index (κ3) is 1.13. The molecule has 0 fully saturated rings. The summed E-state index contributed by atoms with van der Waals surface area (Å²) < 4.78 is 1.01. The number of fused-ring (bicyclic) bond motifs is 1. The highest BCUT2D eigenvalue weighted by Gasteiger charge is 2.03. The van der Waals surface area contributed by atoms with Crippen molar-refractivity contribution in [2.45, 2.75) is 0 Å². The van der Waals surface area contributed by atoms with Crippen molar-refractivity contribution >= 4 is 44.6 Å². The monoisotopic (exact) mass is 201 g/mol. The summed E-state index contributed by atoms with van der Waals surface area (Å²) in [4.78, 5) is 0. The van der Waals surface area contributed by atoms with Crippen LogP contribution in [0.5, 0.6) is 0 Å². The first-order valence-electron chi connectivity index (χ1n) is 3.02. The van der Waals surface area contributed by atoms with E-state index in [1.807, 2.05) is 12.1 Å². The molecule has 0 spiro atoms. The van der Waals surface area contributed by atoms with Crippen molar-refractivity contribution in [1.82, 2.24) is 0 Å². The third-order valence-electron chi connectivity index (χ3n) is 1.46. The van der Waals surface area contributed by atoms with Crippen LogP contribution in [0.2, 0.25) is 10.0 Å². The Kier molecular flexibility index (Phi) is 1.80. The van der Waals surface area contributed by atoms with Gasteiger partial charge in [0.2, 0.25) is 0 Å². The fraction of sp³-hybridized carbons (Fsp3) is 0. The van der Waals surface area contributed by atoms with Crippen LogP contribution in [0.4, 0.5) is 0 Å². The largest absolute Gasteiger partial charge is 0.133 e. The molecule has 2 aromatic rings. The molecular weight excluding hydrogens is 199 g/mol. The van der Waals surface area contributed by atoms with Crippen LogP contribution in [-0.2, 0) is 0 Å². The molecule has 0 saturated carbocycles. The summed E-state index contributed by atoms with van der Waals surface area (Å²) in [6.45, 7) is 0. The summed E-state index contributed by atoms with van der Waals surface area (Å²) in [5.74, 6) is 0. The van der Waals surface area contributed by atoms with Gasteiger partial charge in [0, 0.05) is 5.38 Å². The highest BCUT2D eigenvalue weighted by Crippen LogP contribution is 2.33. The summed E-state index contributed by atoms with van der Waals surface area (Å²) in [6, 6.07) is 5.64. The van der Waals surface area contributed by atoms with Gasteiger partial charge in [0.05, 0.1) is 14.7 Å². The maximum Gasteiger partial charge on any atom is 0.0770 e. The Morgan fingerprint density at radius 3 is 2.91 bits per heavy atom. The van der Waals surface area contributed by atoms with Crippen LogP contribution in [0, 0.1) is 5.38 Å². The molecule has 0 N–H and O–H groups in total. The summed E-state index contributed by atoms with van der Waals surface area (Å²) in [6.07, 6.45) is 0. The van der Waals surface area contributed by atoms with E-state index in [0.29, 0.717) is 10.0 Å². The number of rotatable bonds is 0. The second kappa shape index (κ2) is 2.67. The van der Waals surface area contributed by atoms with Gasteiger partial charge in [0.25, 0.3) is 0 Å². The van der Waals surface area contributed by atoms with Gasteiger partial charge < -0.3 is 0 Å². The van der Waals surface area contributed by atoms with Gasteiger partial charge in [-0.05, 0) is 17.5 Å². The Morgan fingerprint density at radius 1 is 1.27 bits per heavy atom. The first-order chi connectivity index (χ1) is 5.29. The standard InChI is InChI=1S/C8H3Cl2S/c9-6-2-1-5-3-4-11-8(5)7(6)10/h1-3H. The maximum atomic E-state index is 5.93. The van der Waals surface area contributed by atoms with Crippen LogP contribution in [0.25, 0.3) is 10.1 Å². The van der Waals surface area contributed by atoms with Crippen molar-refractivity contribution in [1.29, 1.82) is 0 Å². The Morgan fingerprint density at radius 2 is 2.09 bits per heavy atom. The van der Waals surface area contributed by atoms with Gasteiger partial charge in [-0.3, -0.25) is 0 Å². The lowest BCUT2D eigenvalue weighted by atomic mass is 10.3. The van der Waals surface area contributed by atoms with Crippen molar-refractivity contribution in [3.05, 3.63) is 33.6 Å². The Bertz CT molecular complexity index is 392. The zero-order valence-corrected chi connectivity index (χ0v) is 7.72. The predicted molar refractivity (Wildman–Crippen MR) is 50.7 cm³/mol. The van der Waals surface area contributed by atoms with E-state index in [9.17, 15) is 0 Å². The molecule has 3 heteroatoms. The van der Waals surface area contributed by atoms with Gasteiger partial charge in [-0.15, -0.1) is 11.3 Å². The highest BCUT2D eigenvalue weighted by atomic mass is 35.5. The average Bonchev–Trinajstić information content (AvgIpc) is 2.45. The number of benzene rings is 1. The minimum Gasteiger partial charge on any atom is -0.133 e. The van der Waals surface area contributed by atoms with E-state index in [0.717, 1.165) is 10.1 Å². The normalized spacial score (nSPS) is 10.7. The average molecular weight is 202 g/mol.